The van der Waals surface area contributed by atoms with Gasteiger partial charge < -0.3 is 15.3 Å². The molecular formula is C17H19F3N2O4. The monoisotopic (exact) mass is 372 g/mol. The van der Waals surface area contributed by atoms with Crippen LogP contribution in [-0.2, 0) is 9.59 Å². The lowest BCUT2D eigenvalue weighted by atomic mass is 9.96. The number of hydrogen-bond donors (Lipinski definition) is 2. The Morgan fingerprint density at radius 3 is 2.27 bits per heavy atom. The van der Waals surface area contributed by atoms with Crippen LogP contribution in [0.2, 0.25) is 0 Å². The molecule has 0 radical (unpaired) electrons. The SMILES string of the molecule is CC(=O)c1ccc(NC(=O)CCN2C[C@@H](C(F)(F)F)[C@H](C(=O)O)C2)cc1. The fourth-order valence-electron chi connectivity index (χ4n) is 2.92. The summed E-state index contributed by atoms with van der Waals surface area (Å²) in [7, 11) is 0. The van der Waals surface area contributed by atoms with E-state index in [1.54, 1.807) is 24.3 Å². The molecule has 0 aromatic heterocycles. The molecule has 0 spiro atoms. The molecule has 1 aromatic carbocycles. The van der Waals surface area contributed by atoms with Crippen molar-refractivity contribution in [3.63, 3.8) is 0 Å². The molecule has 2 rings (SSSR count). The minimum Gasteiger partial charge on any atom is -0.481 e. The van der Waals surface area contributed by atoms with Crippen molar-refractivity contribution in [3.8, 4) is 0 Å². The summed E-state index contributed by atoms with van der Waals surface area (Å²) in [5.74, 6) is -5.43. The number of alkyl halides is 3. The summed E-state index contributed by atoms with van der Waals surface area (Å²) in [4.78, 5) is 35.5. The van der Waals surface area contributed by atoms with Crippen LogP contribution in [0.1, 0.15) is 23.7 Å². The van der Waals surface area contributed by atoms with Crippen LogP contribution in [0, 0.1) is 11.8 Å². The molecule has 26 heavy (non-hydrogen) atoms. The van der Waals surface area contributed by atoms with Crippen LogP contribution in [-0.4, -0.2) is 53.5 Å². The number of likely N-dealkylation sites (tertiary alicyclic amines) is 1. The number of anilines is 1. The van der Waals surface area contributed by atoms with Crippen molar-refractivity contribution in [2.75, 3.05) is 25.0 Å². The van der Waals surface area contributed by atoms with E-state index in [0.29, 0.717) is 11.3 Å². The minimum absolute atomic E-state index is 0.0354. The topological polar surface area (TPSA) is 86.7 Å². The highest BCUT2D eigenvalue weighted by atomic mass is 19.4. The average molecular weight is 372 g/mol. The molecule has 1 aliphatic heterocycles. The predicted octanol–water partition coefficient (Wildman–Crippen LogP) is 2.41. The van der Waals surface area contributed by atoms with E-state index in [0.717, 1.165) is 0 Å². The van der Waals surface area contributed by atoms with Gasteiger partial charge in [-0.3, -0.25) is 14.4 Å². The molecule has 0 aliphatic carbocycles. The van der Waals surface area contributed by atoms with Gasteiger partial charge >= 0.3 is 12.1 Å². The molecule has 6 nitrogen and oxygen atoms in total. The summed E-state index contributed by atoms with van der Waals surface area (Å²) in [6.07, 6.45) is -4.65. The Morgan fingerprint density at radius 1 is 1.19 bits per heavy atom. The summed E-state index contributed by atoms with van der Waals surface area (Å²) in [5.41, 5.74) is 0.968. The fraction of sp³-hybridized carbons (Fsp3) is 0.471. The second-order valence-electron chi connectivity index (χ2n) is 6.28. The molecule has 1 amide bonds. The van der Waals surface area contributed by atoms with Gasteiger partial charge in [0.05, 0.1) is 11.8 Å². The number of carboxylic acids is 1. The molecule has 0 bridgehead atoms. The van der Waals surface area contributed by atoms with E-state index in [-0.39, 0.29) is 25.3 Å². The molecule has 2 N–H and O–H groups in total. The molecule has 2 atom stereocenters. The lowest BCUT2D eigenvalue weighted by molar-refractivity contribution is -0.188. The van der Waals surface area contributed by atoms with Crippen LogP contribution in [0.15, 0.2) is 24.3 Å². The number of nitrogens with one attached hydrogen (secondary N) is 1. The van der Waals surface area contributed by atoms with E-state index in [1.165, 1.54) is 11.8 Å². The Labute approximate surface area is 148 Å². The summed E-state index contributed by atoms with van der Waals surface area (Å²) in [5, 5.41) is 11.6. The number of Topliss-reactive ketones (excluding diaryl/α,β-unsaturated/α-hetero) is 1. The van der Waals surface area contributed by atoms with Crippen molar-refractivity contribution in [2.24, 2.45) is 11.8 Å². The number of aliphatic carboxylic acids is 1. The maximum atomic E-state index is 12.9. The lowest BCUT2D eigenvalue weighted by Gasteiger charge is -2.18. The van der Waals surface area contributed by atoms with Crippen LogP contribution in [0.5, 0.6) is 0 Å². The van der Waals surface area contributed by atoms with Gasteiger partial charge in [-0.25, -0.2) is 0 Å². The van der Waals surface area contributed by atoms with Gasteiger partial charge in [0.2, 0.25) is 5.91 Å². The molecule has 1 aromatic rings. The Bertz CT molecular complexity index is 688. The van der Waals surface area contributed by atoms with Crippen molar-refractivity contribution in [1.82, 2.24) is 4.90 Å². The van der Waals surface area contributed by atoms with E-state index < -0.39 is 36.4 Å². The third-order valence-electron chi connectivity index (χ3n) is 4.36. The van der Waals surface area contributed by atoms with Crippen molar-refractivity contribution in [1.29, 1.82) is 0 Å². The average Bonchev–Trinajstić information content (AvgIpc) is 2.98. The zero-order valence-electron chi connectivity index (χ0n) is 14.0. The summed E-state index contributed by atoms with van der Waals surface area (Å²) in [6, 6.07) is 6.24. The number of hydrogen-bond acceptors (Lipinski definition) is 4. The maximum Gasteiger partial charge on any atom is 0.393 e. The first-order valence-corrected chi connectivity index (χ1v) is 8.00. The Balaban J connectivity index is 1.87. The number of carbonyl (C=O) groups is 3. The van der Waals surface area contributed by atoms with Crippen LogP contribution in [0.4, 0.5) is 18.9 Å². The third kappa shape index (κ3) is 5.04. The number of carbonyl (C=O) groups excluding carboxylic acids is 2. The minimum atomic E-state index is -4.58. The van der Waals surface area contributed by atoms with E-state index >= 15 is 0 Å². The van der Waals surface area contributed by atoms with Crippen molar-refractivity contribution in [3.05, 3.63) is 29.8 Å². The third-order valence-corrected chi connectivity index (χ3v) is 4.36. The lowest BCUT2D eigenvalue weighted by Crippen LogP contribution is -2.33. The first kappa shape index (κ1) is 19.9. The van der Waals surface area contributed by atoms with Gasteiger partial charge in [0.15, 0.2) is 5.78 Å². The quantitative estimate of drug-likeness (QED) is 0.749. The van der Waals surface area contributed by atoms with Crippen LogP contribution in [0.3, 0.4) is 0 Å². The Morgan fingerprint density at radius 2 is 1.81 bits per heavy atom. The van der Waals surface area contributed by atoms with Gasteiger partial charge in [0, 0.05) is 37.3 Å². The van der Waals surface area contributed by atoms with Crippen molar-refractivity contribution < 1.29 is 32.7 Å². The van der Waals surface area contributed by atoms with Crippen molar-refractivity contribution >= 4 is 23.3 Å². The molecule has 1 fully saturated rings. The number of carboxylic acid groups (broad SMARTS) is 1. The molecule has 9 heteroatoms. The number of halogens is 3. The van der Waals surface area contributed by atoms with Crippen LogP contribution >= 0.6 is 0 Å². The van der Waals surface area contributed by atoms with Crippen LogP contribution in [0.25, 0.3) is 0 Å². The molecule has 1 saturated heterocycles. The predicted molar refractivity (Wildman–Crippen MR) is 86.8 cm³/mol. The molecule has 0 unspecified atom stereocenters. The fourth-order valence-corrected chi connectivity index (χ4v) is 2.92. The summed E-state index contributed by atoms with van der Waals surface area (Å²) in [6.45, 7) is 0.789. The second-order valence-corrected chi connectivity index (χ2v) is 6.28. The Hall–Kier alpha value is -2.42. The molecule has 1 aliphatic rings. The van der Waals surface area contributed by atoms with Gasteiger partial charge in [-0.1, -0.05) is 0 Å². The van der Waals surface area contributed by atoms with Gasteiger partial charge in [-0.2, -0.15) is 13.2 Å². The number of nitrogens with zero attached hydrogens (tertiary/aromatic N) is 1. The number of benzene rings is 1. The second kappa shape index (κ2) is 7.86. The maximum absolute atomic E-state index is 12.9. The number of rotatable bonds is 6. The van der Waals surface area contributed by atoms with Gasteiger partial charge in [-0.15, -0.1) is 0 Å². The molecule has 0 saturated carbocycles. The van der Waals surface area contributed by atoms with Gasteiger partial charge in [0.1, 0.15) is 0 Å². The summed E-state index contributed by atoms with van der Waals surface area (Å²) < 4.78 is 38.8. The standard InChI is InChI=1S/C17H19F3N2O4/c1-10(23)11-2-4-12(5-3-11)21-15(24)6-7-22-8-13(16(25)26)14(9-22)17(18,19)20/h2-5,13-14H,6-9H2,1H3,(H,21,24)(H,25,26)/t13-,14-/m1/s1. The van der Waals surface area contributed by atoms with E-state index in [2.05, 4.69) is 5.32 Å². The van der Waals surface area contributed by atoms with Gasteiger partial charge in [-0.05, 0) is 31.2 Å². The van der Waals surface area contributed by atoms with Gasteiger partial charge in [0.25, 0.3) is 0 Å². The molecular weight excluding hydrogens is 353 g/mol. The van der Waals surface area contributed by atoms with Crippen molar-refractivity contribution in [2.45, 2.75) is 19.5 Å². The zero-order chi connectivity index (χ0) is 19.5. The molecule has 1 heterocycles. The van der Waals surface area contributed by atoms with E-state index in [4.69, 9.17) is 5.11 Å². The smallest absolute Gasteiger partial charge is 0.393 e. The molecule has 142 valence electrons. The highest BCUT2D eigenvalue weighted by Crippen LogP contribution is 2.37. The summed E-state index contributed by atoms with van der Waals surface area (Å²) >= 11 is 0. The Kier molecular flexibility index (Phi) is 6.01. The highest BCUT2D eigenvalue weighted by Gasteiger charge is 2.52. The van der Waals surface area contributed by atoms with E-state index in [9.17, 15) is 27.6 Å². The first-order chi connectivity index (χ1) is 12.1. The normalized spacial score (nSPS) is 20.8. The number of ketones is 1. The van der Waals surface area contributed by atoms with E-state index in [1.807, 2.05) is 0 Å². The largest absolute Gasteiger partial charge is 0.481 e. The first-order valence-electron chi connectivity index (χ1n) is 8.00. The zero-order valence-corrected chi connectivity index (χ0v) is 14.0. The van der Waals surface area contributed by atoms with Crippen LogP contribution < -0.4 is 5.32 Å². The highest BCUT2D eigenvalue weighted by molar-refractivity contribution is 5.95. The number of amides is 1.